The quantitative estimate of drug-likeness (QED) is 0.575. The second kappa shape index (κ2) is 2.61. The minimum Gasteiger partial charge on any atom is -0.350 e. The topological polar surface area (TPSA) is 4.93 Å². The first kappa shape index (κ1) is 6.94. The van der Waals surface area contributed by atoms with Gasteiger partial charge in [-0.2, -0.15) is 0 Å². The second-order valence-corrected chi connectivity index (χ2v) is 2.64. The van der Waals surface area contributed by atoms with Crippen molar-refractivity contribution < 1.29 is 0 Å². The van der Waals surface area contributed by atoms with Crippen molar-refractivity contribution in [1.82, 2.24) is 4.57 Å². The fraction of sp³-hybridized carbons (Fsp3) is 0.333. The van der Waals surface area contributed by atoms with Crippen LogP contribution in [0.25, 0.3) is 0 Å². The summed E-state index contributed by atoms with van der Waals surface area (Å²) in [5.74, 6) is 0. The van der Waals surface area contributed by atoms with Crippen LogP contribution in [0.2, 0.25) is 0 Å². The molecule has 0 saturated carbocycles. The highest BCUT2D eigenvalue weighted by atomic mass is 79.9. The third-order valence-corrected chi connectivity index (χ3v) is 1.97. The standard InChI is InChI=1S/C6H7BBrN/c1-2-9-5(7)3-4-6(9)8/h3-4H,2H2,1H3. The number of halogens is 1. The van der Waals surface area contributed by atoms with Crippen molar-refractivity contribution >= 4 is 29.4 Å². The Kier molecular flexibility index (Phi) is 2.01. The zero-order valence-electron chi connectivity index (χ0n) is 5.26. The average molecular weight is 184 g/mol. The van der Waals surface area contributed by atoms with Crippen LogP contribution in [0.15, 0.2) is 16.7 Å². The van der Waals surface area contributed by atoms with Gasteiger partial charge in [-0.3, -0.25) is 0 Å². The van der Waals surface area contributed by atoms with E-state index >= 15 is 0 Å². The molecule has 2 radical (unpaired) electrons. The molecule has 1 rings (SSSR count). The summed E-state index contributed by atoms with van der Waals surface area (Å²) >= 11 is 3.36. The summed E-state index contributed by atoms with van der Waals surface area (Å²) in [4.78, 5) is 0. The van der Waals surface area contributed by atoms with Crippen LogP contribution in [0.3, 0.4) is 0 Å². The van der Waals surface area contributed by atoms with Gasteiger partial charge < -0.3 is 4.57 Å². The molecule has 1 aromatic heterocycles. The Labute approximate surface area is 64.6 Å². The van der Waals surface area contributed by atoms with Crippen LogP contribution in [0.4, 0.5) is 0 Å². The van der Waals surface area contributed by atoms with E-state index in [1.807, 2.05) is 16.7 Å². The van der Waals surface area contributed by atoms with Crippen molar-refractivity contribution in [3.8, 4) is 0 Å². The molecule has 0 bridgehead atoms. The lowest BCUT2D eigenvalue weighted by atomic mass is 10.1. The predicted molar refractivity (Wildman–Crippen MR) is 43.2 cm³/mol. The summed E-state index contributed by atoms with van der Waals surface area (Å²) in [6.45, 7) is 2.97. The molecule has 0 aromatic carbocycles. The van der Waals surface area contributed by atoms with Gasteiger partial charge in [0, 0.05) is 6.54 Å². The Balaban J connectivity index is 3.07. The van der Waals surface area contributed by atoms with E-state index in [2.05, 4.69) is 22.9 Å². The van der Waals surface area contributed by atoms with Gasteiger partial charge in [0.1, 0.15) is 7.85 Å². The monoisotopic (exact) mass is 183 g/mol. The average Bonchev–Trinajstić information content (AvgIpc) is 2.12. The summed E-state index contributed by atoms with van der Waals surface area (Å²) in [7, 11) is 5.58. The van der Waals surface area contributed by atoms with E-state index in [1.54, 1.807) is 0 Å². The highest BCUT2D eigenvalue weighted by Gasteiger charge is 1.96. The minimum absolute atomic E-state index is 0.810. The van der Waals surface area contributed by atoms with Crippen LogP contribution in [0.1, 0.15) is 6.92 Å². The van der Waals surface area contributed by atoms with Gasteiger partial charge in [0.25, 0.3) is 0 Å². The summed E-state index contributed by atoms with van der Waals surface area (Å²) in [5.41, 5.74) is 0.810. The molecular formula is C6H7BBrN. The number of aromatic nitrogens is 1. The third-order valence-electron chi connectivity index (χ3n) is 1.28. The van der Waals surface area contributed by atoms with E-state index in [0.717, 1.165) is 16.7 Å². The van der Waals surface area contributed by atoms with Gasteiger partial charge in [-0.1, -0.05) is 6.07 Å². The molecule has 46 valence electrons. The van der Waals surface area contributed by atoms with E-state index in [1.165, 1.54) is 0 Å². The smallest absolute Gasteiger partial charge is 0.138 e. The fourth-order valence-electron chi connectivity index (χ4n) is 0.791. The Morgan fingerprint density at radius 2 is 2.33 bits per heavy atom. The molecule has 1 aromatic rings. The van der Waals surface area contributed by atoms with Gasteiger partial charge >= 0.3 is 0 Å². The molecule has 1 nitrogen and oxygen atoms in total. The number of hydrogen-bond donors (Lipinski definition) is 0. The number of rotatable bonds is 1. The van der Waals surface area contributed by atoms with Gasteiger partial charge in [-0.15, -0.1) is 0 Å². The van der Waals surface area contributed by atoms with E-state index in [4.69, 9.17) is 7.85 Å². The third kappa shape index (κ3) is 1.21. The van der Waals surface area contributed by atoms with Gasteiger partial charge in [-0.25, -0.2) is 0 Å². The summed E-state index contributed by atoms with van der Waals surface area (Å²) in [6.07, 6.45) is 0. The lowest BCUT2D eigenvalue weighted by Gasteiger charge is -2.02. The molecule has 0 aliphatic rings. The van der Waals surface area contributed by atoms with Crippen LogP contribution in [-0.2, 0) is 6.54 Å². The molecule has 0 saturated heterocycles. The van der Waals surface area contributed by atoms with Crippen molar-refractivity contribution in [2.45, 2.75) is 13.5 Å². The Morgan fingerprint density at radius 3 is 2.56 bits per heavy atom. The maximum atomic E-state index is 5.58. The largest absolute Gasteiger partial charge is 0.350 e. The molecule has 0 atom stereocenters. The van der Waals surface area contributed by atoms with Crippen molar-refractivity contribution in [2.24, 2.45) is 0 Å². The second-order valence-electron chi connectivity index (χ2n) is 1.83. The normalized spacial score (nSPS) is 10.0. The molecular weight excluding hydrogens is 177 g/mol. The van der Waals surface area contributed by atoms with E-state index < -0.39 is 0 Å². The van der Waals surface area contributed by atoms with Gasteiger partial charge in [0.15, 0.2) is 0 Å². The summed E-state index contributed by atoms with van der Waals surface area (Å²) < 4.78 is 3.03. The SMILES string of the molecule is [B]c1ccc(Br)n1CC. The fourth-order valence-corrected chi connectivity index (χ4v) is 1.38. The van der Waals surface area contributed by atoms with Crippen LogP contribution in [0.5, 0.6) is 0 Å². The van der Waals surface area contributed by atoms with E-state index in [0.29, 0.717) is 0 Å². The van der Waals surface area contributed by atoms with E-state index in [9.17, 15) is 0 Å². The molecule has 0 aliphatic carbocycles. The molecule has 0 unspecified atom stereocenters. The molecule has 9 heavy (non-hydrogen) atoms. The number of hydrogen-bond acceptors (Lipinski definition) is 0. The van der Waals surface area contributed by atoms with Gasteiger partial charge in [0.2, 0.25) is 0 Å². The van der Waals surface area contributed by atoms with Crippen molar-refractivity contribution in [3.63, 3.8) is 0 Å². The first-order valence-corrected chi connectivity index (χ1v) is 3.65. The maximum Gasteiger partial charge on any atom is 0.138 e. The molecule has 1 heterocycles. The van der Waals surface area contributed by atoms with Crippen LogP contribution in [-0.4, -0.2) is 12.4 Å². The zero-order valence-corrected chi connectivity index (χ0v) is 6.85. The van der Waals surface area contributed by atoms with E-state index in [-0.39, 0.29) is 0 Å². The van der Waals surface area contributed by atoms with Crippen LogP contribution >= 0.6 is 15.9 Å². The molecule has 0 amide bonds. The number of nitrogens with zero attached hydrogens (tertiary/aromatic N) is 1. The highest BCUT2D eigenvalue weighted by Crippen LogP contribution is 2.06. The first-order chi connectivity index (χ1) is 4.25. The lowest BCUT2D eigenvalue weighted by molar-refractivity contribution is 0.772. The summed E-state index contributed by atoms with van der Waals surface area (Å²) in [5, 5.41) is 0. The Bertz CT molecular complexity index is 187. The maximum absolute atomic E-state index is 5.58. The van der Waals surface area contributed by atoms with Crippen LogP contribution in [0, 0.1) is 0 Å². The van der Waals surface area contributed by atoms with Crippen LogP contribution < -0.4 is 5.59 Å². The van der Waals surface area contributed by atoms with Crippen molar-refractivity contribution in [1.29, 1.82) is 0 Å². The molecule has 0 spiro atoms. The lowest BCUT2D eigenvalue weighted by Crippen LogP contribution is -2.15. The highest BCUT2D eigenvalue weighted by molar-refractivity contribution is 9.10. The van der Waals surface area contributed by atoms with Crippen molar-refractivity contribution in [2.75, 3.05) is 0 Å². The molecule has 3 heteroatoms. The van der Waals surface area contributed by atoms with Gasteiger partial charge in [0.05, 0.1) is 4.60 Å². The zero-order chi connectivity index (χ0) is 6.85. The Hall–Kier alpha value is -0.175. The van der Waals surface area contributed by atoms with Gasteiger partial charge in [-0.05, 0) is 34.5 Å². The first-order valence-electron chi connectivity index (χ1n) is 2.86. The van der Waals surface area contributed by atoms with Crippen molar-refractivity contribution in [3.05, 3.63) is 16.7 Å². The minimum atomic E-state index is 0.810. The Morgan fingerprint density at radius 1 is 1.67 bits per heavy atom. The molecule has 0 fully saturated rings. The molecule has 0 N–H and O–H groups in total. The predicted octanol–water partition coefficient (Wildman–Crippen LogP) is 1.06. The summed E-state index contributed by atoms with van der Waals surface area (Å²) in [6, 6.07) is 3.83. The molecule has 0 aliphatic heterocycles.